The number of rotatable bonds is 12. The molecule has 39 heavy (non-hydrogen) atoms. The Labute approximate surface area is 235 Å². The lowest BCUT2D eigenvalue weighted by molar-refractivity contribution is -0.140. The number of halogens is 1. The fourth-order valence-electron chi connectivity index (χ4n) is 4.23. The number of methoxy groups -OCH3 is 1. The number of nitrogens with one attached hydrogen (secondary N) is 1. The number of likely N-dealkylation sites (N-methyl/N-ethyl adjacent to an activating group) is 1. The molecule has 3 aromatic carbocycles. The molecule has 8 nitrogen and oxygen atoms in total. The molecule has 0 aliphatic heterocycles. The summed E-state index contributed by atoms with van der Waals surface area (Å²) in [5.74, 6) is -0.307. The Morgan fingerprint density at radius 1 is 1.00 bits per heavy atom. The van der Waals surface area contributed by atoms with Gasteiger partial charge >= 0.3 is 0 Å². The van der Waals surface area contributed by atoms with Gasteiger partial charge in [-0.25, -0.2) is 8.42 Å². The van der Waals surface area contributed by atoms with Crippen LogP contribution in [0, 0.1) is 6.92 Å². The van der Waals surface area contributed by atoms with Gasteiger partial charge in [0.25, 0.3) is 10.0 Å². The normalized spacial score (nSPS) is 11.9. The molecule has 208 valence electrons. The Balaban J connectivity index is 2.05. The van der Waals surface area contributed by atoms with Crippen molar-refractivity contribution in [2.75, 3.05) is 24.5 Å². The molecule has 2 amide bonds. The molecule has 0 saturated carbocycles. The monoisotopic (exact) mass is 571 g/mol. The van der Waals surface area contributed by atoms with Crippen LogP contribution in [0.5, 0.6) is 5.75 Å². The molecule has 1 N–H and O–H groups in total. The highest BCUT2D eigenvalue weighted by Crippen LogP contribution is 2.27. The third-order valence-corrected chi connectivity index (χ3v) is 8.25. The average Bonchev–Trinajstić information content (AvgIpc) is 2.92. The number of nitrogens with zero attached hydrogens (tertiary/aromatic N) is 2. The van der Waals surface area contributed by atoms with Crippen LogP contribution in [-0.4, -0.2) is 51.4 Å². The van der Waals surface area contributed by atoms with Gasteiger partial charge in [-0.2, -0.15) is 0 Å². The minimum absolute atomic E-state index is 0.00736. The zero-order valence-corrected chi connectivity index (χ0v) is 24.1. The van der Waals surface area contributed by atoms with E-state index in [1.165, 1.54) is 24.1 Å². The molecule has 0 saturated heterocycles. The first-order chi connectivity index (χ1) is 18.6. The van der Waals surface area contributed by atoms with Crippen molar-refractivity contribution in [1.82, 2.24) is 10.2 Å². The Morgan fingerprint density at radius 3 is 2.23 bits per heavy atom. The number of hydrogen-bond donors (Lipinski definition) is 1. The van der Waals surface area contributed by atoms with Gasteiger partial charge in [0.2, 0.25) is 11.8 Å². The zero-order valence-electron chi connectivity index (χ0n) is 22.6. The highest BCUT2D eigenvalue weighted by molar-refractivity contribution is 7.92. The van der Waals surface area contributed by atoms with Crippen molar-refractivity contribution >= 4 is 39.1 Å². The molecule has 3 aromatic rings. The van der Waals surface area contributed by atoms with Crippen molar-refractivity contribution in [3.8, 4) is 5.75 Å². The summed E-state index contributed by atoms with van der Waals surface area (Å²) in [6.45, 7) is 5.61. The second kappa shape index (κ2) is 13.5. The number of hydrogen-bond acceptors (Lipinski definition) is 5. The quantitative estimate of drug-likeness (QED) is 0.337. The number of carbonyl (C=O) groups is 2. The second-order valence-corrected chi connectivity index (χ2v) is 11.3. The molecular formula is C29H34ClN3O5S. The average molecular weight is 572 g/mol. The van der Waals surface area contributed by atoms with E-state index in [2.05, 4.69) is 5.32 Å². The predicted octanol–water partition coefficient (Wildman–Crippen LogP) is 4.80. The van der Waals surface area contributed by atoms with Crippen molar-refractivity contribution in [3.05, 3.63) is 88.9 Å². The summed E-state index contributed by atoms with van der Waals surface area (Å²) < 4.78 is 33.9. The summed E-state index contributed by atoms with van der Waals surface area (Å²) in [6.07, 6.45) is 0.357. The summed E-state index contributed by atoms with van der Waals surface area (Å²) in [6, 6.07) is 19.0. The maximum atomic E-state index is 14.0. The molecule has 0 aromatic heterocycles. The van der Waals surface area contributed by atoms with E-state index in [1.54, 1.807) is 43.3 Å². The van der Waals surface area contributed by atoms with Gasteiger partial charge in [-0.3, -0.25) is 13.9 Å². The number of sulfonamides is 1. The van der Waals surface area contributed by atoms with Crippen LogP contribution in [0.1, 0.15) is 31.4 Å². The van der Waals surface area contributed by atoms with Crippen LogP contribution >= 0.6 is 11.6 Å². The van der Waals surface area contributed by atoms with Gasteiger partial charge in [-0.1, -0.05) is 48.4 Å². The number of aryl methyl sites for hydroxylation is 1. The number of benzene rings is 3. The molecule has 10 heteroatoms. The highest BCUT2D eigenvalue weighted by atomic mass is 35.5. The van der Waals surface area contributed by atoms with Crippen molar-refractivity contribution < 1.29 is 22.7 Å². The topological polar surface area (TPSA) is 96.0 Å². The highest BCUT2D eigenvalue weighted by Gasteiger charge is 2.33. The first-order valence-electron chi connectivity index (χ1n) is 12.7. The van der Waals surface area contributed by atoms with Crippen LogP contribution in [0.4, 0.5) is 5.69 Å². The van der Waals surface area contributed by atoms with E-state index in [4.69, 9.17) is 16.3 Å². The molecular weight excluding hydrogens is 538 g/mol. The van der Waals surface area contributed by atoms with Gasteiger partial charge in [0.1, 0.15) is 18.3 Å². The first kappa shape index (κ1) is 30.0. The summed E-state index contributed by atoms with van der Waals surface area (Å²) in [5, 5.41) is 3.22. The summed E-state index contributed by atoms with van der Waals surface area (Å²) in [7, 11) is -2.69. The first-order valence-corrected chi connectivity index (χ1v) is 14.5. The zero-order chi connectivity index (χ0) is 28.6. The third kappa shape index (κ3) is 7.52. The Bertz CT molecular complexity index is 1380. The van der Waals surface area contributed by atoms with Crippen LogP contribution in [0.15, 0.2) is 77.7 Å². The molecule has 0 fully saturated rings. The van der Waals surface area contributed by atoms with Gasteiger partial charge in [0.05, 0.1) is 17.7 Å². The Hall–Kier alpha value is -3.56. The molecule has 1 atom stereocenters. The minimum Gasteiger partial charge on any atom is -0.497 e. The number of ether oxygens (including phenoxy) is 1. The molecule has 0 bridgehead atoms. The summed E-state index contributed by atoms with van der Waals surface area (Å²) >= 11 is 6.06. The number of carbonyl (C=O) groups excluding carboxylic acids is 2. The Morgan fingerprint density at radius 2 is 1.67 bits per heavy atom. The second-order valence-electron chi connectivity index (χ2n) is 8.99. The maximum absolute atomic E-state index is 14.0. The van der Waals surface area contributed by atoms with Crippen LogP contribution in [-0.2, 0) is 26.2 Å². The van der Waals surface area contributed by atoms with Crippen LogP contribution in [0.2, 0.25) is 5.02 Å². The van der Waals surface area contributed by atoms with E-state index < -0.39 is 28.5 Å². The van der Waals surface area contributed by atoms with Crippen molar-refractivity contribution in [2.45, 2.75) is 44.7 Å². The van der Waals surface area contributed by atoms with Gasteiger partial charge in [-0.05, 0) is 74.4 Å². The van der Waals surface area contributed by atoms with Gasteiger partial charge < -0.3 is 15.0 Å². The van der Waals surface area contributed by atoms with Gasteiger partial charge in [0.15, 0.2) is 0 Å². The summed E-state index contributed by atoms with van der Waals surface area (Å²) in [5.41, 5.74) is 2.11. The molecule has 0 unspecified atom stereocenters. The minimum atomic E-state index is -4.18. The van der Waals surface area contributed by atoms with Gasteiger partial charge in [-0.15, -0.1) is 0 Å². The van der Waals surface area contributed by atoms with E-state index in [9.17, 15) is 18.0 Å². The van der Waals surface area contributed by atoms with E-state index in [1.807, 2.05) is 38.1 Å². The smallest absolute Gasteiger partial charge is 0.264 e. The van der Waals surface area contributed by atoms with Crippen molar-refractivity contribution in [1.29, 1.82) is 0 Å². The standard InChI is InChI=1S/C29H34ClN3O5S/c1-5-27(29(35)31-6-2)32(19-22-9-7-8-21(3)18-22)28(34)20-33(24-12-10-23(30)11-13-24)39(36,37)26-16-14-25(38-4)15-17-26/h7-18,27H,5-6,19-20H2,1-4H3,(H,31,35)/t27-/m0/s1. The maximum Gasteiger partial charge on any atom is 0.264 e. The fraction of sp³-hybridized carbons (Fsp3) is 0.310. The Kier molecular flexibility index (Phi) is 10.4. The lowest BCUT2D eigenvalue weighted by atomic mass is 10.1. The number of anilines is 1. The predicted molar refractivity (Wildman–Crippen MR) is 153 cm³/mol. The lowest BCUT2D eigenvalue weighted by Crippen LogP contribution is -2.52. The largest absolute Gasteiger partial charge is 0.497 e. The molecule has 0 heterocycles. The fourth-order valence-corrected chi connectivity index (χ4v) is 5.77. The third-order valence-electron chi connectivity index (χ3n) is 6.21. The van der Waals surface area contributed by atoms with Gasteiger partial charge in [0, 0.05) is 18.1 Å². The van der Waals surface area contributed by atoms with E-state index >= 15 is 0 Å². The molecule has 0 aliphatic rings. The molecule has 0 radical (unpaired) electrons. The summed E-state index contributed by atoms with van der Waals surface area (Å²) in [4.78, 5) is 28.4. The molecule has 0 spiro atoms. The molecule has 3 rings (SSSR count). The SMILES string of the molecule is CCNC(=O)[C@H](CC)N(Cc1cccc(C)c1)C(=O)CN(c1ccc(Cl)cc1)S(=O)(=O)c1ccc(OC)cc1. The van der Waals surface area contributed by atoms with Crippen molar-refractivity contribution in [3.63, 3.8) is 0 Å². The molecule has 0 aliphatic carbocycles. The lowest BCUT2D eigenvalue weighted by Gasteiger charge is -2.33. The van der Waals surface area contributed by atoms with E-state index in [0.29, 0.717) is 23.7 Å². The van der Waals surface area contributed by atoms with E-state index in [-0.39, 0.29) is 23.0 Å². The van der Waals surface area contributed by atoms with Crippen LogP contribution in [0.25, 0.3) is 0 Å². The van der Waals surface area contributed by atoms with Crippen molar-refractivity contribution in [2.24, 2.45) is 0 Å². The van der Waals surface area contributed by atoms with Crippen LogP contribution in [0.3, 0.4) is 0 Å². The van der Waals surface area contributed by atoms with E-state index in [0.717, 1.165) is 15.4 Å². The van der Waals surface area contributed by atoms with Crippen LogP contribution < -0.4 is 14.4 Å². The number of amides is 2.